The molecular weight excluding hydrogens is 191 g/mol. The Labute approximate surface area is 79.1 Å². The molecule has 0 fully saturated rings. The molecular formula is C7H17N2O3P. The van der Waals surface area contributed by atoms with Crippen LogP contribution in [-0.4, -0.2) is 19.4 Å². The van der Waals surface area contributed by atoms with Crippen LogP contribution in [0.2, 0.25) is 0 Å². The predicted octanol–water partition coefficient (Wildman–Crippen LogP) is 2.15. The maximum absolute atomic E-state index is 11.6. The molecule has 1 N–H and O–H groups in total. The third-order valence-electron chi connectivity index (χ3n) is 1.05. The topological polar surface area (TPSA) is 59.9 Å². The maximum Gasteiger partial charge on any atom is 0.448 e. The minimum atomic E-state index is -3.20. The number of hydrogen-bond donors (Lipinski definition) is 1. The fourth-order valence-electron chi connectivity index (χ4n) is 0.638. The van der Waals surface area contributed by atoms with E-state index in [0.717, 1.165) is 6.42 Å². The van der Waals surface area contributed by atoms with E-state index in [-0.39, 0.29) is 0 Å². The highest BCUT2D eigenvalue weighted by Gasteiger charge is 2.21. The molecule has 0 heterocycles. The van der Waals surface area contributed by atoms with Crippen molar-refractivity contribution in [2.24, 2.45) is 5.10 Å². The average Bonchev–Trinajstić information content (AvgIpc) is 2.05. The van der Waals surface area contributed by atoms with Crippen LogP contribution in [0.4, 0.5) is 0 Å². The molecule has 13 heavy (non-hydrogen) atoms. The van der Waals surface area contributed by atoms with Crippen LogP contribution < -0.4 is 5.20 Å². The molecule has 0 aromatic rings. The molecule has 0 aliphatic rings. The Bertz CT molecular complexity index is 186. The van der Waals surface area contributed by atoms with Gasteiger partial charge in [0.1, 0.15) is 0 Å². The molecule has 0 aromatic carbocycles. The Morgan fingerprint density at radius 3 is 2.23 bits per heavy atom. The second-order valence-corrected chi connectivity index (χ2v) is 3.86. The second-order valence-electron chi connectivity index (χ2n) is 2.15. The second kappa shape index (κ2) is 7.06. The molecule has 0 aliphatic heterocycles. The van der Waals surface area contributed by atoms with Gasteiger partial charge in [0.2, 0.25) is 0 Å². The maximum atomic E-state index is 11.6. The summed E-state index contributed by atoms with van der Waals surface area (Å²) in [4.78, 5) is 0. The van der Waals surface area contributed by atoms with Gasteiger partial charge in [-0.2, -0.15) is 5.10 Å². The van der Waals surface area contributed by atoms with E-state index in [9.17, 15) is 4.57 Å². The third-order valence-corrected chi connectivity index (χ3v) is 2.61. The molecule has 0 saturated carbocycles. The monoisotopic (exact) mass is 208 g/mol. The zero-order valence-electron chi connectivity index (χ0n) is 8.32. The Kier molecular flexibility index (Phi) is 6.86. The summed E-state index contributed by atoms with van der Waals surface area (Å²) in [7, 11) is -3.20. The van der Waals surface area contributed by atoms with Crippen LogP contribution in [0, 0.1) is 0 Å². The van der Waals surface area contributed by atoms with E-state index >= 15 is 0 Å². The molecule has 0 amide bonds. The van der Waals surface area contributed by atoms with E-state index in [4.69, 9.17) is 9.05 Å². The molecule has 0 bridgehead atoms. The van der Waals surface area contributed by atoms with Crippen LogP contribution in [-0.2, 0) is 13.6 Å². The first kappa shape index (κ1) is 12.6. The van der Waals surface area contributed by atoms with Gasteiger partial charge in [0, 0.05) is 6.21 Å². The van der Waals surface area contributed by atoms with Crippen LogP contribution in [0.3, 0.4) is 0 Å². The Balaban J connectivity index is 4.07. The summed E-state index contributed by atoms with van der Waals surface area (Å²) in [5, 5.41) is 6.09. The molecule has 0 aliphatic carbocycles. The lowest BCUT2D eigenvalue weighted by Gasteiger charge is -2.14. The van der Waals surface area contributed by atoms with E-state index in [1.165, 1.54) is 0 Å². The van der Waals surface area contributed by atoms with Crippen molar-refractivity contribution in [3.05, 3.63) is 0 Å². The van der Waals surface area contributed by atoms with Gasteiger partial charge in [0.05, 0.1) is 13.2 Å². The Morgan fingerprint density at radius 2 is 1.85 bits per heavy atom. The average molecular weight is 208 g/mol. The summed E-state index contributed by atoms with van der Waals surface area (Å²) in [5.74, 6) is 0. The zero-order chi connectivity index (χ0) is 10.2. The highest BCUT2D eigenvalue weighted by Crippen LogP contribution is 2.43. The van der Waals surface area contributed by atoms with Crippen molar-refractivity contribution in [1.29, 1.82) is 0 Å². The van der Waals surface area contributed by atoms with Gasteiger partial charge in [-0.25, -0.2) is 9.76 Å². The lowest BCUT2D eigenvalue weighted by molar-refractivity contribution is 0.211. The number of hydrogen-bond acceptors (Lipinski definition) is 4. The van der Waals surface area contributed by atoms with Crippen molar-refractivity contribution in [1.82, 2.24) is 5.20 Å². The van der Waals surface area contributed by atoms with E-state index in [1.54, 1.807) is 20.1 Å². The Morgan fingerprint density at radius 1 is 1.31 bits per heavy atom. The molecule has 0 spiro atoms. The Hall–Kier alpha value is -0.380. The van der Waals surface area contributed by atoms with E-state index < -0.39 is 7.75 Å². The molecule has 5 nitrogen and oxygen atoms in total. The van der Waals surface area contributed by atoms with Gasteiger partial charge >= 0.3 is 7.75 Å². The fourth-order valence-corrected chi connectivity index (χ4v) is 1.73. The molecule has 0 saturated heterocycles. The van der Waals surface area contributed by atoms with Crippen LogP contribution in [0.1, 0.15) is 27.2 Å². The molecule has 0 radical (unpaired) electrons. The number of nitrogens with zero attached hydrogens (tertiary/aromatic N) is 1. The first-order chi connectivity index (χ1) is 6.18. The van der Waals surface area contributed by atoms with Crippen molar-refractivity contribution >= 4 is 14.0 Å². The van der Waals surface area contributed by atoms with Crippen molar-refractivity contribution in [2.75, 3.05) is 13.2 Å². The van der Waals surface area contributed by atoms with Gasteiger partial charge < -0.3 is 0 Å². The zero-order valence-corrected chi connectivity index (χ0v) is 9.21. The van der Waals surface area contributed by atoms with E-state index in [1.807, 2.05) is 6.92 Å². The lowest BCUT2D eigenvalue weighted by Crippen LogP contribution is -2.09. The fraction of sp³-hybridized carbons (Fsp3) is 0.857. The quantitative estimate of drug-likeness (QED) is 0.395. The molecule has 0 aromatic heterocycles. The minimum absolute atomic E-state index is 0.325. The summed E-state index contributed by atoms with van der Waals surface area (Å²) in [6.45, 7) is 6.07. The van der Waals surface area contributed by atoms with Crippen LogP contribution in [0.5, 0.6) is 0 Å². The van der Waals surface area contributed by atoms with Gasteiger partial charge in [0.25, 0.3) is 0 Å². The number of hydrazone groups is 1. The van der Waals surface area contributed by atoms with Gasteiger partial charge in [-0.1, -0.05) is 6.92 Å². The largest absolute Gasteiger partial charge is 0.448 e. The SMILES string of the molecule is CC/C=N\NP(=O)(OCC)OCC. The molecule has 0 rings (SSSR count). The summed E-state index contributed by atoms with van der Waals surface area (Å²) < 4.78 is 21.5. The van der Waals surface area contributed by atoms with E-state index in [2.05, 4.69) is 10.3 Å². The van der Waals surface area contributed by atoms with Gasteiger partial charge in [-0.15, -0.1) is 0 Å². The van der Waals surface area contributed by atoms with Crippen molar-refractivity contribution in [3.8, 4) is 0 Å². The summed E-state index contributed by atoms with van der Waals surface area (Å²) in [6, 6.07) is 0. The molecule has 6 heteroatoms. The molecule has 0 unspecified atom stereocenters. The van der Waals surface area contributed by atoms with E-state index in [0.29, 0.717) is 13.2 Å². The van der Waals surface area contributed by atoms with Gasteiger partial charge in [-0.05, 0) is 20.3 Å². The molecule has 78 valence electrons. The third kappa shape index (κ3) is 5.80. The number of rotatable bonds is 7. The minimum Gasteiger partial charge on any atom is -0.292 e. The van der Waals surface area contributed by atoms with Crippen molar-refractivity contribution in [3.63, 3.8) is 0 Å². The standard InChI is InChI=1S/C7H17N2O3P/c1-4-7-8-9-13(10,11-5-2)12-6-3/h7H,4-6H2,1-3H3,(H,9,10)/b8-7-. The van der Waals surface area contributed by atoms with Crippen LogP contribution in [0.25, 0.3) is 0 Å². The van der Waals surface area contributed by atoms with Crippen molar-refractivity contribution in [2.45, 2.75) is 27.2 Å². The first-order valence-corrected chi connectivity index (χ1v) is 5.90. The van der Waals surface area contributed by atoms with Crippen LogP contribution >= 0.6 is 7.75 Å². The highest BCUT2D eigenvalue weighted by molar-refractivity contribution is 7.51. The van der Waals surface area contributed by atoms with Gasteiger partial charge in [0.15, 0.2) is 0 Å². The smallest absolute Gasteiger partial charge is 0.292 e. The molecule has 0 atom stereocenters. The summed E-state index contributed by atoms with van der Waals surface area (Å²) in [5.41, 5.74) is 0. The lowest BCUT2D eigenvalue weighted by atomic mass is 10.6. The predicted molar refractivity (Wildman–Crippen MR) is 52.8 cm³/mol. The summed E-state index contributed by atoms with van der Waals surface area (Å²) in [6.07, 6.45) is 2.37. The van der Waals surface area contributed by atoms with Gasteiger partial charge in [-0.3, -0.25) is 9.05 Å². The normalized spacial score (nSPS) is 12.2. The number of nitrogens with one attached hydrogen (secondary N) is 1. The summed E-state index contributed by atoms with van der Waals surface area (Å²) >= 11 is 0. The first-order valence-electron chi connectivity index (χ1n) is 4.36. The highest BCUT2D eigenvalue weighted by atomic mass is 31.2. The van der Waals surface area contributed by atoms with Crippen molar-refractivity contribution < 1.29 is 13.6 Å². The van der Waals surface area contributed by atoms with Crippen LogP contribution in [0.15, 0.2) is 5.10 Å².